The Bertz CT molecular complexity index is 1060. The van der Waals surface area contributed by atoms with Gasteiger partial charge in [0.05, 0.1) is 25.4 Å². The topological polar surface area (TPSA) is 95.9 Å². The molecule has 0 aliphatic rings. The molecule has 0 saturated carbocycles. The Morgan fingerprint density at radius 3 is 1.00 bits per heavy atom. The van der Waals surface area contributed by atoms with E-state index in [-0.39, 0.29) is 18.5 Å². The van der Waals surface area contributed by atoms with Crippen LogP contribution in [0, 0.1) is 0 Å². The van der Waals surface area contributed by atoms with Crippen molar-refractivity contribution in [3.8, 4) is 0 Å². The molecule has 3 N–H and O–H groups in total. The van der Waals surface area contributed by atoms with Crippen molar-refractivity contribution in [2.45, 2.75) is 379 Å². The fourth-order valence-electron chi connectivity index (χ4n) is 10.3. The smallest absolute Gasteiger partial charge is 0.305 e. The van der Waals surface area contributed by atoms with Gasteiger partial charge < -0.3 is 20.3 Å². The number of aliphatic hydroxyl groups excluding tert-OH is 2. The number of aliphatic hydroxyl groups is 2. The summed E-state index contributed by atoms with van der Waals surface area (Å²) in [5.41, 5.74) is 0. The van der Waals surface area contributed by atoms with Crippen LogP contribution in [0.15, 0.2) is 12.2 Å². The Balaban J connectivity index is 3.41. The molecule has 0 aromatic carbocycles. The zero-order valence-corrected chi connectivity index (χ0v) is 48.2. The van der Waals surface area contributed by atoms with Crippen LogP contribution < -0.4 is 5.32 Å². The lowest BCUT2D eigenvalue weighted by Gasteiger charge is -2.22. The highest BCUT2D eigenvalue weighted by atomic mass is 16.5. The maximum atomic E-state index is 12.5. The Hall–Kier alpha value is -1.40. The second-order valence-corrected chi connectivity index (χ2v) is 22.5. The van der Waals surface area contributed by atoms with Crippen LogP contribution in [-0.4, -0.2) is 47.4 Å². The number of amides is 1. The molecule has 0 heterocycles. The summed E-state index contributed by atoms with van der Waals surface area (Å²) in [5.74, 6) is -0.0244. The van der Waals surface area contributed by atoms with Gasteiger partial charge in [-0.05, 0) is 51.4 Å². The number of hydrogen-bond donors (Lipinski definition) is 3. The molecule has 0 bridgehead atoms. The highest BCUT2D eigenvalue weighted by Gasteiger charge is 2.20. The molecular formula is C65H127NO5. The Kier molecular flexibility index (Phi) is 59.9. The second kappa shape index (κ2) is 61.1. The molecule has 0 aromatic rings. The zero-order valence-electron chi connectivity index (χ0n) is 48.2. The van der Waals surface area contributed by atoms with E-state index in [2.05, 4.69) is 31.3 Å². The van der Waals surface area contributed by atoms with Gasteiger partial charge in [0.15, 0.2) is 0 Å². The van der Waals surface area contributed by atoms with E-state index in [9.17, 15) is 19.8 Å². The molecule has 0 rings (SSSR count). The molecule has 422 valence electrons. The van der Waals surface area contributed by atoms with Crippen LogP contribution in [0.4, 0.5) is 0 Å². The third-order valence-corrected chi connectivity index (χ3v) is 15.3. The van der Waals surface area contributed by atoms with Crippen molar-refractivity contribution in [1.82, 2.24) is 5.32 Å². The van der Waals surface area contributed by atoms with Gasteiger partial charge in [0, 0.05) is 12.8 Å². The molecule has 6 nitrogen and oxygen atoms in total. The number of carbonyl (C=O) groups is 2. The first kappa shape index (κ1) is 69.6. The Morgan fingerprint density at radius 2 is 0.662 bits per heavy atom. The largest absolute Gasteiger partial charge is 0.466 e. The van der Waals surface area contributed by atoms with E-state index in [0.29, 0.717) is 25.9 Å². The summed E-state index contributed by atoms with van der Waals surface area (Å²) in [6.07, 6.45) is 73.7. The van der Waals surface area contributed by atoms with Crippen molar-refractivity contribution in [3.63, 3.8) is 0 Å². The molecule has 0 aliphatic carbocycles. The minimum absolute atomic E-state index is 0.0130. The van der Waals surface area contributed by atoms with E-state index >= 15 is 0 Å². The summed E-state index contributed by atoms with van der Waals surface area (Å²) in [6, 6.07) is -0.546. The van der Waals surface area contributed by atoms with Crippen LogP contribution in [0.1, 0.15) is 367 Å². The normalized spacial score (nSPS) is 12.6. The number of carbonyl (C=O) groups excluding carboxylic acids is 2. The van der Waals surface area contributed by atoms with Gasteiger partial charge in [0.2, 0.25) is 5.91 Å². The third kappa shape index (κ3) is 57.7. The van der Waals surface area contributed by atoms with Gasteiger partial charge in [-0.3, -0.25) is 9.59 Å². The van der Waals surface area contributed by atoms with Crippen molar-refractivity contribution in [1.29, 1.82) is 0 Å². The third-order valence-electron chi connectivity index (χ3n) is 15.3. The number of hydrogen-bond acceptors (Lipinski definition) is 5. The summed E-state index contributed by atoms with van der Waals surface area (Å²) in [6.45, 7) is 4.98. The number of nitrogens with one attached hydrogen (secondary N) is 1. The van der Waals surface area contributed by atoms with Gasteiger partial charge in [-0.25, -0.2) is 0 Å². The number of esters is 1. The van der Waals surface area contributed by atoms with Crippen LogP contribution >= 0.6 is 0 Å². The maximum absolute atomic E-state index is 12.5. The van der Waals surface area contributed by atoms with Crippen molar-refractivity contribution >= 4 is 11.9 Å². The molecule has 6 heteroatoms. The molecule has 0 spiro atoms. The van der Waals surface area contributed by atoms with Gasteiger partial charge in [0.25, 0.3) is 0 Å². The van der Waals surface area contributed by atoms with Crippen molar-refractivity contribution in [2.75, 3.05) is 13.2 Å². The summed E-state index contributed by atoms with van der Waals surface area (Å²) in [4.78, 5) is 24.5. The Morgan fingerprint density at radius 1 is 0.380 bits per heavy atom. The molecule has 1 amide bonds. The van der Waals surface area contributed by atoms with Crippen molar-refractivity contribution < 1.29 is 24.5 Å². The number of unbranched alkanes of at least 4 members (excludes halogenated alkanes) is 48. The number of rotatable bonds is 61. The highest BCUT2D eigenvalue weighted by molar-refractivity contribution is 5.76. The minimum atomic E-state index is -0.668. The lowest BCUT2D eigenvalue weighted by molar-refractivity contribution is -0.143. The molecule has 0 radical (unpaired) electrons. The Labute approximate surface area is 444 Å². The van der Waals surface area contributed by atoms with Crippen LogP contribution in [0.25, 0.3) is 0 Å². The lowest BCUT2D eigenvalue weighted by Crippen LogP contribution is -2.45. The van der Waals surface area contributed by atoms with Gasteiger partial charge in [-0.1, -0.05) is 315 Å². The SMILES string of the molecule is CCCCCCCCCCCCCCCCCCCCCC(O)C(CO)NC(=O)CCCCCCCCC/C=C\CCCCCCCCCCCCCCOC(=O)CCCCCCCCCCCCCC. The lowest BCUT2D eigenvalue weighted by atomic mass is 10.0. The zero-order chi connectivity index (χ0) is 51.4. The maximum Gasteiger partial charge on any atom is 0.305 e. The van der Waals surface area contributed by atoms with Gasteiger partial charge >= 0.3 is 5.97 Å². The second-order valence-electron chi connectivity index (χ2n) is 22.5. The summed E-state index contributed by atoms with van der Waals surface area (Å²) < 4.78 is 5.47. The average molecular weight is 1000 g/mol. The molecule has 2 atom stereocenters. The first-order valence-corrected chi connectivity index (χ1v) is 32.4. The van der Waals surface area contributed by atoms with Crippen LogP contribution in [-0.2, 0) is 14.3 Å². The van der Waals surface area contributed by atoms with E-state index < -0.39 is 12.1 Å². The van der Waals surface area contributed by atoms with Crippen LogP contribution in [0.5, 0.6) is 0 Å². The molecule has 0 aromatic heterocycles. The summed E-state index contributed by atoms with van der Waals surface area (Å²) >= 11 is 0. The number of ether oxygens (including phenoxy) is 1. The van der Waals surface area contributed by atoms with Gasteiger partial charge in [-0.15, -0.1) is 0 Å². The molecule has 71 heavy (non-hydrogen) atoms. The van der Waals surface area contributed by atoms with E-state index in [1.165, 1.54) is 295 Å². The fourth-order valence-corrected chi connectivity index (χ4v) is 10.3. The standard InChI is InChI=1S/C65H127NO5/c1-3-5-7-9-11-13-15-17-18-19-25-28-31-34-37-41-45-49-53-57-63(68)62(61-67)66-64(69)58-54-50-46-42-38-35-32-29-26-23-21-20-22-24-27-30-33-36-40-44-48-52-56-60-71-65(70)59-55-51-47-43-39-16-14-12-10-8-6-4-2/h23,26,62-63,67-68H,3-22,24-25,27-61H2,1-2H3,(H,66,69)/b26-23-. The van der Waals surface area contributed by atoms with E-state index in [4.69, 9.17) is 4.74 Å². The van der Waals surface area contributed by atoms with E-state index in [1.807, 2.05) is 0 Å². The molecule has 2 unspecified atom stereocenters. The van der Waals surface area contributed by atoms with Crippen molar-refractivity contribution in [2.24, 2.45) is 0 Å². The van der Waals surface area contributed by atoms with E-state index in [0.717, 1.165) is 38.5 Å². The summed E-state index contributed by atoms with van der Waals surface area (Å²) in [5, 5.41) is 23.4. The quantitative estimate of drug-likeness (QED) is 0.0320. The highest BCUT2D eigenvalue weighted by Crippen LogP contribution is 2.18. The van der Waals surface area contributed by atoms with E-state index in [1.54, 1.807) is 0 Å². The number of allylic oxidation sites excluding steroid dienone is 2. The predicted octanol–water partition coefficient (Wildman–Crippen LogP) is 20.4. The van der Waals surface area contributed by atoms with Crippen LogP contribution in [0.2, 0.25) is 0 Å². The molecule has 0 saturated heterocycles. The average Bonchev–Trinajstić information content (AvgIpc) is 3.37. The van der Waals surface area contributed by atoms with Crippen molar-refractivity contribution in [3.05, 3.63) is 12.2 Å². The molecule has 0 aliphatic heterocycles. The van der Waals surface area contributed by atoms with Gasteiger partial charge in [0.1, 0.15) is 0 Å². The first-order valence-electron chi connectivity index (χ1n) is 32.4. The van der Waals surface area contributed by atoms with Gasteiger partial charge in [-0.2, -0.15) is 0 Å². The predicted molar refractivity (Wildman–Crippen MR) is 310 cm³/mol. The summed E-state index contributed by atoms with van der Waals surface area (Å²) in [7, 11) is 0. The van der Waals surface area contributed by atoms with Crippen LogP contribution in [0.3, 0.4) is 0 Å². The molecule has 0 fully saturated rings. The minimum Gasteiger partial charge on any atom is -0.466 e. The first-order chi connectivity index (χ1) is 35.0. The fraction of sp³-hybridized carbons (Fsp3) is 0.938. The monoisotopic (exact) mass is 1000 g/mol. The molecular weight excluding hydrogens is 875 g/mol.